The summed E-state index contributed by atoms with van der Waals surface area (Å²) in [6, 6.07) is 4.17. The maximum absolute atomic E-state index is 13.0. The molecule has 17 heavy (non-hydrogen) atoms. The molecular formula is C11H9BrFNO3. The van der Waals surface area contributed by atoms with E-state index in [0.29, 0.717) is 5.69 Å². The highest BCUT2D eigenvalue weighted by Gasteiger charge is 2.35. The van der Waals surface area contributed by atoms with E-state index in [4.69, 9.17) is 5.11 Å². The molecule has 0 spiro atoms. The smallest absolute Gasteiger partial charge is 0.308 e. The lowest BCUT2D eigenvalue weighted by Gasteiger charge is -2.16. The van der Waals surface area contributed by atoms with Gasteiger partial charge in [0.25, 0.3) is 0 Å². The molecule has 0 aliphatic carbocycles. The molecule has 1 amide bonds. The van der Waals surface area contributed by atoms with Crippen LogP contribution in [0.1, 0.15) is 6.42 Å². The average molecular weight is 302 g/mol. The van der Waals surface area contributed by atoms with Crippen LogP contribution in [0.25, 0.3) is 0 Å². The average Bonchev–Trinajstić information content (AvgIpc) is 2.65. The summed E-state index contributed by atoms with van der Waals surface area (Å²) in [5.74, 6) is -2.35. The minimum absolute atomic E-state index is 0.00959. The first-order chi connectivity index (χ1) is 7.99. The van der Waals surface area contributed by atoms with Crippen LogP contribution in [0.4, 0.5) is 10.1 Å². The van der Waals surface area contributed by atoms with Crippen molar-refractivity contribution in [3.8, 4) is 0 Å². The van der Waals surface area contributed by atoms with Gasteiger partial charge in [0.15, 0.2) is 0 Å². The van der Waals surface area contributed by atoms with Crippen LogP contribution in [0.2, 0.25) is 0 Å². The van der Waals surface area contributed by atoms with Crippen LogP contribution in [0.15, 0.2) is 22.7 Å². The van der Waals surface area contributed by atoms with Crippen LogP contribution in [-0.2, 0) is 9.59 Å². The Labute approximate surface area is 105 Å². The molecule has 1 fully saturated rings. The van der Waals surface area contributed by atoms with E-state index >= 15 is 0 Å². The van der Waals surface area contributed by atoms with Crippen LogP contribution in [0.5, 0.6) is 0 Å². The molecule has 4 nitrogen and oxygen atoms in total. The molecule has 2 rings (SSSR count). The van der Waals surface area contributed by atoms with E-state index in [2.05, 4.69) is 15.9 Å². The summed E-state index contributed by atoms with van der Waals surface area (Å²) < 4.78 is 13.3. The lowest BCUT2D eigenvalue weighted by molar-refractivity contribution is -0.141. The quantitative estimate of drug-likeness (QED) is 0.909. The van der Waals surface area contributed by atoms with Gasteiger partial charge in [-0.1, -0.05) is 0 Å². The SMILES string of the molecule is O=C(O)C1CC(=O)N(c2ccc(F)c(Br)c2)C1. The second-order valence-electron chi connectivity index (χ2n) is 3.84. The molecular weight excluding hydrogens is 293 g/mol. The largest absolute Gasteiger partial charge is 0.481 e. The fourth-order valence-corrected chi connectivity index (χ4v) is 2.14. The Morgan fingerprint density at radius 2 is 2.24 bits per heavy atom. The fraction of sp³-hybridized carbons (Fsp3) is 0.273. The molecule has 1 atom stereocenters. The van der Waals surface area contributed by atoms with Crippen molar-refractivity contribution < 1.29 is 19.1 Å². The van der Waals surface area contributed by atoms with Gasteiger partial charge >= 0.3 is 5.97 Å². The Morgan fingerprint density at radius 3 is 2.76 bits per heavy atom. The van der Waals surface area contributed by atoms with Crippen molar-refractivity contribution in [1.29, 1.82) is 0 Å². The van der Waals surface area contributed by atoms with Crippen LogP contribution in [0.3, 0.4) is 0 Å². The zero-order chi connectivity index (χ0) is 12.6. The summed E-state index contributed by atoms with van der Waals surface area (Å²) in [7, 11) is 0. The highest BCUT2D eigenvalue weighted by molar-refractivity contribution is 9.10. The van der Waals surface area contributed by atoms with Gasteiger partial charge in [-0.2, -0.15) is 0 Å². The highest BCUT2D eigenvalue weighted by Crippen LogP contribution is 2.28. The van der Waals surface area contributed by atoms with E-state index < -0.39 is 17.7 Å². The number of carboxylic acid groups (broad SMARTS) is 1. The van der Waals surface area contributed by atoms with Gasteiger partial charge in [-0.05, 0) is 34.1 Å². The van der Waals surface area contributed by atoms with Gasteiger partial charge in [0.05, 0.1) is 10.4 Å². The zero-order valence-electron chi connectivity index (χ0n) is 8.69. The normalized spacial score (nSPS) is 19.8. The minimum Gasteiger partial charge on any atom is -0.481 e. The van der Waals surface area contributed by atoms with Crippen molar-refractivity contribution in [2.24, 2.45) is 5.92 Å². The number of nitrogens with zero attached hydrogens (tertiary/aromatic N) is 1. The highest BCUT2D eigenvalue weighted by atomic mass is 79.9. The molecule has 1 N–H and O–H groups in total. The molecule has 1 heterocycles. The molecule has 1 saturated heterocycles. The van der Waals surface area contributed by atoms with Gasteiger partial charge in [-0.25, -0.2) is 4.39 Å². The topological polar surface area (TPSA) is 57.6 Å². The van der Waals surface area contributed by atoms with E-state index in [9.17, 15) is 14.0 Å². The minimum atomic E-state index is -0.984. The van der Waals surface area contributed by atoms with Gasteiger partial charge < -0.3 is 10.0 Å². The maximum Gasteiger partial charge on any atom is 0.308 e. The number of carbonyl (C=O) groups is 2. The lowest BCUT2D eigenvalue weighted by Crippen LogP contribution is -2.25. The third-order valence-electron chi connectivity index (χ3n) is 2.69. The van der Waals surface area contributed by atoms with E-state index in [1.54, 1.807) is 0 Å². The summed E-state index contributed by atoms with van der Waals surface area (Å²) in [6.45, 7) is 0.131. The van der Waals surface area contributed by atoms with Crippen molar-refractivity contribution in [3.05, 3.63) is 28.5 Å². The van der Waals surface area contributed by atoms with Crippen LogP contribution >= 0.6 is 15.9 Å². The molecule has 1 aliphatic heterocycles. The number of anilines is 1. The summed E-state index contributed by atoms with van der Waals surface area (Å²) in [6.07, 6.45) is -0.00959. The van der Waals surface area contributed by atoms with Crippen molar-refractivity contribution in [1.82, 2.24) is 0 Å². The monoisotopic (exact) mass is 301 g/mol. The summed E-state index contributed by atoms with van der Waals surface area (Å²) in [4.78, 5) is 23.8. The number of aliphatic carboxylic acids is 1. The van der Waals surface area contributed by atoms with Crippen LogP contribution in [-0.4, -0.2) is 23.5 Å². The zero-order valence-corrected chi connectivity index (χ0v) is 10.3. The second-order valence-corrected chi connectivity index (χ2v) is 4.70. The van der Waals surface area contributed by atoms with Gasteiger partial charge in [-0.3, -0.25) is 9.59 Å². The van der Waals surface area contributed by atoms with E-state index in [-0.39, 0.29) is 23.3 Å². The molecule has 90 valence electrons. The van der Waals surface area contributed by atoms with Crippen molar-refractivity contribution in [2.75, 3.05) is 11.4 Å². The van der Waals surface area contributed by atoms with Gasteiger partial charge in [-0.15, -0.1) is 0 Å². The van der Waals surface area contributed by atoms with Gasteiger partial charge in [0.2, 0.25) is 5.91 Å². The third-order valence-corrected chi connectivity index (χ3v) is 3.30. The maximum atomic E-state index is 13.0. The molecule has 1 unspecified atom stereocenters. The first-order valence-electron chi connectivity index (χ1n) is 4.97. The standard InChI is InChI=1S/C11H9BrFNO3/c12-8-4-7(1-2-9(8)13)14-5-6(11(16)17)3-10(14)15/h1-2,4,6H,3,5H2,(H,16,17). The van der Waals surface area contributed by atoms with Crippen LogP contribution in [0, 0.1) is 11.7 Å². The van der Waals surface area contributed by atoms with Gasteiger partial charge in [0.1, 0.15) is 5.82 Å². The number of carbonyl (C=O) groups excluding carboxylic acids is 1. The predicted octanol–water partition coefficient (Wildman–Crippen LogP) is 2.03. The van der Waals surface area contributed by atoms with Crippen LogP contribution < -0.4 is 4.90 Å². The Morgan fingerprint density at radius 1 is 1.53 bits per heavy atom. The molecule has 1 aromatic rings. The fourth-order valence-electron chi connectivity index (χ4n) is 1.78. The molecule has 1 aliphatic rings. The van der Waals surface area contributed by atoms with Crippen molar-refractivity contribution in [3.63, 3.8) is 0 Å². The lowest BCUT2D eigenvalue weighted by atomic mass is 10.1. The molecule has 1 aromatic carbocycles. The second kappa shape index (κ2) is 4.44. The Hall–Kier alpha value is -1.43. The van der Waals surface area contributed by atoms with E-state index in [1.165, 1.54) is 23.1 Å². The molecule has 0 aromatic heterocycles. The molecule has 6 heteroatoms. The number of hydrogen-bond acceptors (Lipinski definition) is 2. The number of benzene rings is 1. The first kappa shape index (κ1) is 12.0. The van der Waals surface area contributed by atoms with Crippen molar-refractivity contribution in [2.45, 2.75) is 6.42 Å². The Kier molecular flexibility index (Phi) is 3.15. The Bertz CT molecular complexity index is 492. The number of amides is 1. The third kappa shape index (κ3) is 2.31. The van der Waals surface area contributed by atoms with E-state index in [1.807, 2.05) is 0 Å². The Balaban J connectivity index is 2.26. The summed E-state index contributed by atoms with van der Waals surface area (Å²) >= 11 is 3.03. The van der Waals surface area contributed by atoms with E-state index in [0.717, 1.165) is 0 Å². The number of halogens is 2. The molecule has 0 bridgehead atoms. The summed E-state index contributed by atoms with van der Waals surface area (Å²) in [5, 5.41) is 8.85. The number of hydrogen-bond donors (Lipinski definition) is 1. The van der Waals surface area contributed by atoms with Crippen molar-refractivity contribution >= 4 is 33.5 Å². The number of carboxylic acids is 1. The molecule has 0 saturated carbocycles. The first-order valence-corrected chi connectivity index (χ1v) is 5.76. The predicted molar refractivity (Wildman–Crippen MR) is 62.2 cm³/mol. The number of rotatable bonds is 2. The molecule has 0 radical (unpaired) electrons. The van der Waals surface area contributed by atoms with Gasteiger partial charge in [0, 0.05) is 18.7 Å². The summed E-state index contributed by atoms with van der Waals surface area (Å²) in [5.41, 5.74) is 0.507.